The number of carbonyl (C=O) groups excluding carboxylic acids is 1. The summed E-state index contributed by atoms with van der Waals surface area (Å²) in [6.45, 7) is -0.190. The average Bonchev–Trinajstić information content (AvgIpc) is 2.94. The largest absolute Gasteiger partial charge is 0.508 e. The van der Waals surface area contributed by atoms with Crippen LogP contribution in [0.25, 0.3) is 21.1 Å². The zero-order valence-corrected chi connectivity index (χ0v) is 15.1. The van der Waals surface area contributed by atoms with Crippen LogP contribution in [0, 0.1) is 5.82 Å². The van der Waals surface area contributed by atoms with E-state index in [-0.39, 0.29) is 27.8 Å². The number of ether oxygens (including phenoxy) is 1. The molecule has 0 aliphatic rings. The van der Waals surface area contributed by atoms with Crippen molar-refractivity contribution in [2.24, 2.45) is 0 Å². The number of carbonyl (C=O) groups is 1. The van der Waals surface area contributed by atoms with E-state index in [1.165, 1.54) is 36.4 Å². The van der Waals surface area contributed by atoms with Crippen molar-refractivity contribution in [3.05, 3.63) is 74.2 Å². The molecule has 8 heteroatoms. The summed E-state index contributed by atoms with van der Waals surface area (Å²) in [5.41, 5.74) is -0.0173. The van der Waals surface area contributed by atoms with Gasteiger partial charge in [0.15, 0.2) is 0 Å². The molecule has 4 aromatic rings. The van der Waals surface area contributed by atoms with E-state index in [1.54, 1.807) is 6.07 Å². The van der Waals surface area contributed by atoms with E-state index in [1.807, 2.05) is 0 Å². The number of phenols is 1. The Balaban J connectivity index is 1.64. The Hall–Kier alpha value is -2.90. The fraction of sp³-hybridized carbons (Fsp3) is 0.0526. The number of aromatic hydroxyl groups is 1. The first-order valence-electron chi connectivity index (χ1n) is 7.73. The lowest BCUT2D eigenvalue weighted by atomic mass is 10.1. The number of phenolic OH excluding ortho intramolecular Hbond substituents is 1. The van der Waals surface area contributed by atoms with Gasteiger partial charge in [0.25, 0.3) is 0 Å². The molecular weight excluding hydrogens is 395 g/mol. The van der Waals surface area contributed by atoms with Crippen LogP contribution in [-0.2, 0) is 11.3 Å². The topological polar surface area (TPSA) is 76.7 Å². The average molecular weight is 405 g/mol. The minimum absolute atomic E-state index is 0.0518. The molecule has 0 bridgehead atoms. The lowest BCUT2D eigenvalue weighted by Crippen LogP contribution is -2.07. The first-order valence-corrected chi connectivity index (χ1v) is 8.92. The number of halogens is 2. The van der Waals surface area contributed by atoms with Gasteiger partial charge in [0, 0.05) is 33.2 Å². The molecule has 2 aromatic heterocycles. The summed E-state index contributed by atoms with van der Waals surface area (Å²) >= 11 is 7.25. The zero-order chi connectivity index (χ0) is 19.1. The van der Waals surface area contributed by atoms with E-state index in [9.17, 15) is 19.1 Å². The van der Waals surface area contributed by atoms with Gasteiger partial charge < -0.3 is 14.3 Å². The van der Waals surface area contributed by atoms with Crippen molar-refractivity contribution in [2.45, 2.75) is 6.61 Å². The number of rotatable bonds is 3. The minimum Gasteiger partial charge on any atom is -0.508 e. The van der Waals surface area contributed by atoms with Gasteiger partial charge in [0.05, 0.1) is 5.02 Å². The van der Waals surface area contributed by atoms with Crippen LogP contribution in [0.15, 0.2) is 51.7 Å². The maximum Gasteiger partial charge on any atom is 0.350 e. The van der Waals surface area contributed by atoms with Crippen molar-refractivity contribution in [3.8, 4) is 5.75 Å². The molecular formula is C19H10ClFO5S. The third-order valence-corrected chi connectivity index (χ3v) is 5.59. The Morgan fingerprint density at radius 3 is 2.78 bits per heavy atom. The van der Waals surface area contributed by atoms with Gasteiger partial charge in [-0.25, -0.2) is 14.0 Å². The minimum atomic E-state index is -0.679. The van der Waals surface area contributed by atoms with E-state index in [0.29, 0.717) is 21.0 Å². The smallest absolute Gasteiger partial charge is 0.350 e. The maximum absolute atomic E-state index is 13.4. The van der Waals surface area contributed by atoms with Gasteiger partial charge in [-0.2, -0.15) is 0 Å². The predicted octanol–water partition coefficient (Wildman–Crippen LogP) is 4.86. The predicted molar refractivity (Wildman–Crippen MR) is 100 cm³/mol. The third kappa shape index (κ3) is 3.27. The van der Waals surface area contributed by atoms with Crippen molar-refractivity contribution in [1.82, 2.24) is 0 Å². The Bertz CT molecular complexity index is 1260. The molecule has 0 saturated heterocycles. The molecule has 4 rings (SSSR count). The van der Waals surface area contributed by atoms with Crippen molar-refractivity contribution >= 4 is 50.0 Å². The fourth-order valence-electron chi connectivity index (χ4n) is 2.72. The maximum atomic E-state index is 13.4. The van der Waals surface area contributed by atoms with Crippen LogP contribution in [0.4, 0.5) is 4.39 Å². The van der Waals surface area contributed by atoms with Crippen molar-refractivity contribution in [3.63, 3.8) is 0 Å². The van der Waals surface area contributed by atoms with Crippen LogP contribution in [0.5, 0.6) is 5.75 Å². The molecule has 2 heterocycles. The van der Waals surface area contributed by atoms with Crippen LogP contribution in [0.1, 0.15) is 15.2 Å². The molecule has 0 saturated carbocycles. The molecule has 0 spiro atoms. The Kier molecular flexibility index (Phi) is 4.33. The quantitative estimate of drug-likeness (QED) is 0.389. The van der Waals surface area contributed by atoms with E-state index >= 15 is 0 Å². The highest BCUT2D eigenvalue weighted by molar-refractivity contribution is 7.21. The molecule has 2 aromatic carbocycles. The number of hydrogen-bond donors (Lipinski definition) is 1. The monoisotopic (exact) mass is 404 g/mol. The molecule has 0 fully saturated rings. The highest BCUT2D eigenvalue weighted by Gasteiger charge is 2.19. The Morgan fingerprint density at radius 1 is 1.19 bits per heavy atom. The zero-order valence-electron chi connectivity index (χ0n) is 13.5. The van der Waals surface area contributed by atoms with Crippen molar-refractivity contribution in [1.29, 1.82) is 0 Å². The molecule has 1 N–H and O–H groups in total. The number of esters is 1. The lowest BCUT2D eigenvalue weighted by molar-refractivity contribution is 0.0480. The first-order chi connectivity index (χ1) is 12.9. The molecule has 5 nitrogen and oxygen atoms in total. The fourth-order valence-corrected chi connectivity index (χ4v) is 4.14. The molecule has 0 amide bonds. The van der Waals surface area contributed by atoms with Gasteiger partial charge in [0.2, 0.25) is 0 Å². The summed E-state index contributed by atoms with van der Waals surface area (Å²) in [6, 6.07) is 9.58. The Morgan fingerprint density at radius 2 is 1.96 bits per heavy atom. The second-order valence-corrected chi connectivity index (χ2v) is 7.16. The summed E-state index contributed by atoms with van der Waals surface area (Å²) in [5.74, 6) is -1.16. The second-order valence-electron chi connectivity index (χ2n) is 5.73. The molecule has 0 atom stereocenters. The van der Waals surface area contributed by atoms with Gasteiger partial charge in [0.1, 0.15) is 28.6 Å². The SMILES string of the molecule is O=C(OCc1cc(=O)oc2cc(O)ccc12)c1sc2cc(F)ccc2c1Cl. The molecule has 0 aliphatic heterocycles. The molecule has 27 heavy (non-hydrogen) atoms. The third-order valence-electron chi connectivity index (χ3n) is 3.95. The molecule has 0 radical (unpaired) electrons. The van der Waals surface area contributed by atoms with Crippen LogP contribution >= 0.6 is 22.9 Å². The van der Waals surface area contributed by atoms with E-state index < -0.39 is 17.4 Å². The van der Waals surface area contributed by atoms with Gasteiger partial charge in [-0.15, -0.1) is 11.3 Å². The summed E-state index contributed by atoms with van der Waals surface area (Å²) in [5, 5.41) is 10.8. The summed E-state index contributed by atoms with van der Waals surface area (Å²) in [4.78, 5) is 24.3. The van der Waals surface area contributed by atoms with Crippen molar-refractivity contribution in [2.75, 3.05) is 0 Å². The number of thiophene rings is 1. The second kappa shape index (κ2) is 6.68. The van der Waals surface area contributed by atoms with Crippen LogP contribution in [0.2, 0.25) is 5.02 Å². The van der Waals surface area contributed by atoms with Gasteiger partial charge in [-0.05, 0) is 30.3 Å². The summed E-state index contributed by atoms with van der Waals surface area (Å²) < 4.78 is 24.2. The number of hydrogen-bond acceptors (Lipinski definition) is 6. The first kappa shape index (κ1) is 17.5. The number of benzene rings is 2. The van der Waals surface area contributed by atoms with E-state index in [0.717, 1.165) is 11.3 Å². The molecule has 0 aliphatic carbocycles. The molecule has 136 valence electrons. The van der Waals surface area contributed by atoms with E-state index in [4.69, 9.17) is 20.8 Å². The van der Waals surface area contributed by atoms with Crippen molar-refractivity contribution < 1.29 is 23.4 Å². The summed E-state index contributed by atoms with van der Waals surface area (Å²) in [7, 11) is 0. The number of fused-ring (bicyclic) bond motifs is 2. The van der Waals surface area contributed by atoms with E-state index in [2.05, 4.69) is 0 Å². The normalized spacial score (nSPS) is 11.2. The highest BCUT2D eigenvalue weighted by atomic mass is 35.5. The summed E-state index contributed by atoms with van der Waals surface area (Å²) in [6.07, 6.45) is 0. The highest BCUT2D eigenvalue weighted by Crippen LogP contribution is 2.36. The van der Waals surface area contributed by atoms with Gasteiger partial charge in [-0.1, -0.05) is 11.6 Å². The van der Waals surface area contributed by atoms with Gasteiger partial charge >= 0.3 is 11.6 Å². The van der Waals surface area contributed by atoms with Crippen LogP contribution in [-0.4, -0.2) is 11.1 Å². The van der Waals surface area contributed by atoms with Crippen LogP contribution in [0.3, 0.4) is 0 Å². The molecule has 0 unspecified atom stereocenters. The van der Waals surface area contributed by atoms with Gasteiger partial charge in [-0.3, -0.25) is 0 Å². The Labute approximate surface area is 160 Å². The lowest BCUT2D eigenvalue weighted by Gasteiger charge is -2.07. The van der Waals surface area contributed by atoms with Crippen LogP contribution < -0.4 is 5.63 Å². The standard InChI is InChI=1S/C19H10ClFO5S/c20-17-13-3-1-10(21)6-15(13)27-18(17)19(24)25-8-9-5-16(23)26-14-7-11(22)2-4-12(9)14/h1-7,22H,8H2.